The number of nitrogens with one attached hydrogen (secondary N) is 7. The number of hydrogen-bond donors (Lipinski definition) is 17. The van der Waals surface area contributed by atoms with E-state index in [1.54, 1.807) is 103 Å². The molecule has 4 aromatic carbocycles. The number of rotatable bonds is 39. The molecule has 4 aromatic rings. The van der Waals surface area contributed by atoms with E-state index < -0.39 is 95.7 Å². The van der Waals surface area contributed by atoms with Crippen molar-refractivity contribution in [3.63, 3.8) is 0 Å². The Bertz CT molecular complexity index is 3010. The van der Waals surface area contributed by atoms with Crippen molar-refractivity contribution in [3.8, 4) is 0 Å². The SMILES string of the molecule is NC(N)=NCCC[C@H](NC(=O)[C@H](Cc1ccccc1)NC(=O)[C@H](CCCN=C(N)N)NC(=O)[C@H](Cc1ccccc1)NC(=O)[C@H](CCCN=C(N)N)NC(=O)[C@H](Cc1ccccc1)NC(=O)[C@H](CCCN=C(N)N)NC(=O)[C@@H](N)Cc1ccccc1)C(=O)O. The van der Waals surface area contributed by atoms with Crippen LogP contribution in [0.1, 0.15) is 73.6 Å². The number of benzene rings is 4. The first kappa shape index (κ1) is 71.2. The van der Waals surface area contributed by atoms with Crippen LogP contribution in [0.4, 0.5) is 0 Å². The van der Waals surface area contributed by atoms with Gasteiger partial charge in [-0.2, -0.15) is 0 Å². The maximum absolute atomic E-state index is 14.9. The van der Waals surface area contributed by atoms with Crippen LogP contribution in [0.2, 0.25) is 0 Å². The summed E-state index contributed by atoms with van der Waals surface area (Å²) in [5.74, 6) is -7.84. The van der Waals surface area contributed by atoms with Gasteiger partial charge in [0, 0.05) is 45.4 Å². The Morgan fingerprint density at radius 3 is 0.787 bits per heavy atom. The van der Waals surface area contributed by atoms with E-state index in [1.807, 2.05) is 18.2 Å². The van der Waals surface area contributed by atoms with Crippen LogP contribution in [0.25, 0.3) is 0 Å². The molecule has 0 saturated heterocycles. The summed E-state index contributed by atoms with van der Waals surface area (Å²) in [7, 11) is 0. The average Bonchev–Trinajstić information content (AvgIpc) is 3.35. The first-order valence-corrected chi connectivity index (χ1v) is 29.1. The van der Waals surface area contributed by atoms with Gasteiger partial charge in [-0.25, -0.2) is 4.79 Å². The van der Waals surface area contributed by atoms with E-state index in [2.05, 4.69) is 57.2 Å². The average molecular weight is 1230 g/mol. The van der Waals surface area contributed by atoms with Gasteiger partial charge in [-0.15, -0.1) is 0 Å². The Labute approximate surface area is 516 Å². The second kappa shape index (κ2) is 38.7. The van der Waals surface area contributed by atoms with Gasteiger partial charge in [0.15, 0.2) is 23.8 Å². The van der Waals surface area contributed by atoms with Crippen LogP contribution in [0.5, 0.6) is 0 Å². The molecule has 29 nitrogen and oxygen atoms in total. The van der Waals surface area contributed by atoms with Crippen LogP contribution in [0.15, 0.2) is 141 Å². The Kier molecular flexibility index (Phi) is 30.9. The highest BCUT2D eigenvalue weighted by Gasteiger charge is 2.35. The lowest BCUT2D eigenvalue weighted by atomic mass is 10.0. The molecule has 480 valence electrons. The highest BCUT2D eigenvalue weighted by atomic mass is 16.4. The molecule has 0 aliphatic rings. The molecule has 89 heavy (non-hydrogen) atoms. The third-order valence-electron chi connectivity index (χ3n) is 13.7. The van der Waals surface area contributed by atoms with Gasteiger partial charge in [-0.3, -0.25) is 53.5 Å². The van der Waals surface area contributed by atoms with Gasteiger partial charge in [-0.05, 0) is 80.0 Å². The number of carbonyl (C=O) groups is 8. The molecule has 26 N–H and O–H groups in total. The second-order valence-corrected chi connectivity index (χ2v) is 20.9. The molecule has 0 bridgehead atoms. The summed E-state index contributed by atoms with van der Waals surface area (Å²) in [6.07, 6.45) is 0.206. The number of aliphatic imine (C=N–C) groups is 4. The first-order chi connectivity index (χ1) is 42.6. The van der Waals surface area contributed by atoms with Crippen molar-refractivity contribution in [2.45, 2.75) is 125 Å². The van der Waals surface area contributed by atoms with Gasteiger partial charge < -0.3 is 93.9 Å². The van der Waals surface area contributed by atoms with E-state index in [1.165, 1.54) is 0 Å². The van der Waals surface area contributed by atoms with Crippen molar-refractivity contribution in [2.24, 2.45) is 71.6 Å². The van der Waals surface area contributed by atoms with E-state index in [-0.39, 0.29) is 127 Å². The minimum atomic E-state index is -1.45. The standard InChI is InChI=1S/C60H86N20O9/c61-41(33-37-17-5-1-6-18-37)49(81)74-42(25-13-29-70-57(62)63)50(82)78-46(34-38-19-7-2-8-20-38)53(85)75-43(26-14-30-71-58(64)65)51(83)79-47(35-39-21-9-3-10-22-39)54(86)76-44(27-15-31-72-59(66)67)52(84)80-48(36-40-23-11-4-12-24-40)55(87)77-45(56(88)89)28-16-32-73-60(68)69/h1-12,17-24,41-48H,13-16,25-36,61H2,(H,74,81)(H,75,85)(H,76,86)(H,77,87)(H,78,82)(H,79,83)(H,80,84)(H,88,89)(H4,62,63,70)(H4,64,65,71)(H4,66,67,72)(H4,68,69,73)/t41-,42-,43-,44-,45-,46-,47-,48-/m0/s1. The van der Waals surface area contributed by atoms with Crippen LogP contribution in [0.3, 0.4) is 0 Å². The van der Waals surface area contributed by atoms with Gasteiger partial charge in [0.25, 0.3) is 0 Å². The lowest BCUT2D eigenvalue weighted by Crippen LogP contribution is -2.60. The second-order valence-electron chi connectivity index (χ2n) is 20.9. The molecule has 0 fully saturated rings. The van der Waals surface area contributed by atoms with Gasteiger partial charge in [0.05, 0.1) is 6.04 Å². The van der Waals surface area contributed by atoms with Crippen LogP contribution >= 0.6 is 0 Å². The van der Waals surface area contributed by atoms with Gasteiger partial charge in [0.2, 0.25) is 41.4 Å². The summed E-state index contributed by atoms with van der Waals surface area (Å²) in [6, 6.07) is 24.2. The van der Waals surface area contributed by atoms with E-state index in [0.29, 0.717) is 16.7 Å². The minimum Gasteiger partial charge on any atom is -0.480 e. The quantitative estimate of drug-likeness (QED) is 0.0120. The third-order valence-corrected chi connectivity index (χ3v) is 13.7. The maximum Gasteiger partial charge on any atom is 0.326 e. The number of guanidine groups is 4. The smallest absolute Gasteiger partial charge is 0.326 e. The molecule has 0 saturated carbocycles. The van der Waals surface area contributed by atoms with E-state index >= 15 is 0 Å². The number of amides is 7. The largest absolute Gasteiger partial charge is 0.480 e. The fourth-order valence-corrected chi connectivity index (χ4v) is 9.13. The monoisotopic (exact) mass is 1230 g/mol. The number of nitrogens with zero attached hydrogens (tertiary/aromatic N) is 4. The minimum absolute atomic E-state index is 0.0179. The number of aliphatic carboxylic acids is 1. The Balaban J connectivity index is 1.70. The zero-order valence-electron chi connectivity index (χ0n) is 49.7. The fraction of sp³-hybridized carbons (Fsp3) is 0.400. The zero-order chi connectivity index (χ0) is 65.1. The van der Waals surface area contributed by atoms with E-state index in [4.69, 9.17) is 51.6 Å². The molecule has 0 spiro atoms. The topological polar surface area (TPSA) is 525 Å². The molecule has 0 aliphatic carbocycles. The third kappa shape index (κ3) is 28.2. The first-order valence-electron chi connectivity index (χ1n) is 29.1. The molecule has 0 heterocycles. The van der Waals surface area contributed by atoms with Gasteiger partial charge >= 0.3 is 5.97 Å². The number of nitrogens with two attached hydrogens (primary N) is 9. The number of hydrogen-bond acceptors (Lipinski definition) is 13. The number of carboxylic acids is 1. The predicted molar refractivity (Wildman–Crippen MR) is 339 cm³/mol. The van der Waals surface area contributed by atoms with Crippen molar-refractivity contribution in [3.05, 3.63) is 144 Å². The summed E-state index contributed by atoms with van der Waals surface area (Å²) in [6.45, 7) is 0.230. The van der Waals surface area contributed by atoms with Crippen molar-refractivity contribution in [1.29, 1.82) is 0 Å². The maximum atomic E-state index is 14.9. The van der Waals surface area contributed by atoms with Crippen molar-refractivity contribution >= 4 is 71.2 Å². The van der Waals surface area contributed by atoms with Crippen LogP contribution in [0, 0.1) is 0 Å². The molecule has 0 unspecified atom stereocenters. The summed E-state index contributed by atoms with van der Waals surface area (Å²) >= 11 is 0. The summed E-state index contributed by atoms with van der Waals surface area (Å²) in [5.41, 5.74) is 53.3. The van der Waals surface area contributed by atoms with Crippen LogP contribution < -0.4 is 88.8 Å². The lowest BCUT2D eigenvalue weighted by molar-refractivity contribution is -0.142. The molecule has 4 rings (SSSR count). The Morgan fingerprint density at radius 1 is 0.315 bits per heavy atom. The highest BCUT2D eigenvalue weighted by molar-refractivity contribution is 5.98. The van der Waals surface area contributed by atoms with E-state index in [0.717, 1.165) is 5.56 Å². The summed E-state index contributed by atoms with van der Waals surface area (Å²) in [5, 5.41) is 29.1. The van der Waals surface area contributed by atoms with Crippen molar-refractivity contribution in [1.82, 2.24) is 37.2 Å². The number of carboxylic acid groups (broad SMARTS) is 1. The molecule has 7 amide bonds. The number of carbonyl (C=O) groups excluding carboxylic acids is 7. The molecule has 0 aliphatic heterocycles. The molecule has 29 heteroatoms. The molecule has 0 aromatic heterocycles. The normalized spacial score (nSPS) is 13.4. The Hall–Kier alpha value is -10.3. The molecular weight excluding hydrogens is 1140 g/mol. The van der Waals surface area contributed by atoms with Gasteiger partial charge in [0.1, 0.15) is 42.3 Å². The van der Waals surface area contributed by atoms with Crippen molar-refractivity contribution < 1.29 is 43.5 Å². The highest BCUT2D eigenvalue weighted by Crippen LogP contribution is 2.13. The predicted octanol–water partition coefficient (Wildman–Crippen LogP) is -3.02. The summed E-state index contributed by atoms with van der Waals surface area (Å²) in [4.78, 5) is 130. The molecule has 0 radical (unpaired) electrons. The lowest BCUT2D eigenvalue weighted by Gasteiger charge is -2.28. The van der Waals surface area contributed by atoms with Crippen LogP contribution in [-0.2, 0) is 64.0 Å². The van der Waals surface area contributed by atoms with Crippen molar-refractivity contribution in [2.75, 3.05) is 26.2 Å². The molecular formula is C60H86N20O9. The fourth-order valence-electron chi connectivity index (χ4n) is 9.13. The van der Waals surface area contributed by atoms with E-state index in [9.17, 15) is 43.5 Å². The Morgan fingerprint density at radius 2 is 0.528 bits per heavy atom. The molecule has 8 atom stereocenters. The van der Waals surface area contributed by atoms with Gasteiger partial charge in [-0.1, -0.05) is 121 Å². The van der Waals surface area contributed by atoms with Crippen LogP contribution in [-0.4, -0.2) is 151 Å². The zero-order valence-corrected chi connectivity index (χ0v) is 49.7. The summed E-state index contributed by atoms with van der Waals surface area (Å²) < 4.78 is 0.